The average Bonchev–Trinajstić information content (AvgIpc) is 3.18. The van der Waals surface area contributed by atoms with Gasteiger partial charge in [-0.1, -0.05) is 18.2 Å². The molecule has 3 aromatic rings. The van der Waals surface area contributed by atoms with Crippen molar-refractivity contribution in [1.29, 1.82) is 0 Å². The summed E-state index contributed by atoms with van der Waals surface area (Å²) in [5.74, 6) is 0.0841. The molecule has 0 radical (unpaired) electrons. The van der Waals surface area contributed by atoms with E-state index in [2.05, 4.69) is 24.0 Å². The summed E-state index contributed by atoms with van der Waals surface area (Å²) in [5, 5.41) is 0.668. The molecule has 5 nitrogen and oxygen atoms in total. The minimum absolute atomic E-state index is 0.00174. The van der Waals surface area contributed by atoms with E-state index in [4.69, 9.17) is 0 Å². The fraction of sp³-hybridized carbons (Fsp3) is 0.273. The summed E-state index contributed by atoms with van der Waals surface area (Å²) in [6.45, 7) is 1.58. The summed E-state index contributed by atoms with van der Waals surface area (Å²) in [5.41, 5.74) is 3.48. The van der Waals surface area contributed by atoms with Crippen LogP contribution in [0.1, 0.15) is 16.8 Å². The van der Waals surface area contributed by atoms with Gasteiger partial charge in [0.2, 0.25) is 0 Å². The Labute approximate surface area is 158 Å². The second-order valence-electron chi connectivity index (χ2n) is 7.34. The molecule has 1 aliphatic heterocycles. The number of hydrogen-bond acceptors (Lipinski definition) is 3. The molecule has 2 heterocycles. The first-order valence-corrected chi connectivity index (χ1v) is 9.20. The number of pyridine rings is 1. The zero-order valence-corrected chi connectivity index (χ0v) is 15.6. The highest BCUT2D eigenvalue weighted by Crippen LogP contribution is 2.24. The predicted molar refractivity (Wildman–Crippen MR) is 108 cm³/mol. The van der Waals surface area contributed by atoms with Crippen LogP contribution in [0.15, 0.2) is 59.5 Å². The molecule has 0 aliphatic carbocycles. The maximum absolute atomic E-state index is 12.7. The lowest BCUT2D eigenvalue weighted by atomic mass is 10.0. The molecule has 0 saturated carbocycles. The largest absolute Gasteiger partial charge is 0.361 e. The van der Waals surface area contributed by atoms with E-state index in [1.54, 1.807) is 6.20 Å². The first-order chi connectivity index (χ1) is 13.0. The van der Waals surface area contributed by atoms with E-state index in [1.807, 2.05) is 47.4 Å². The monoisotopic (exact) mass is 361 g/mol. The lowest BCUT2D eigenvalue weighted by molar-refractivity contribution is 0.0783. The van der Waals surface area contributed by atoms with Gasteiger partial charge < -0.3 is 14.8 Å². The maximum atomic E-state index is 12.7. The van der Waals surface area contributed by atoms with Crippen molar-refractivity contribution < 1.29 is 4.79 Å². The third-order valence-electron chi connectivity index (χ3n) is 5.40. The van der Waals surface area contributed by atoms with Crippen LogP contribution in [0.3, 0.4) is 0 Å². The molecule has 2 aromatic carbocycles. The number of aromatic nitrogens is 1. The summed E-state index contributed by atoms with van der Waals surface area (Å²) in [6, 6.07) is 15.4. The highest BCUT2D eigenvalue weighted by atomic mass is 16.2. The van der Waals surface area contributed by atoms with Crippen LogP contribution in [0, 0.1) is 0 Å². The zero-order valence-electron chi connectivity index (χ0n) is 15.6. The van der Waals surface area contributed by atoms with Gasteiger partial charge in [-0.3, -0.25) is 9.59 Å². The number of carbonyl (C=O) groups is 1. The number of likely N-dealkylation sites (tertiary alicyclic amines) is 1. The Morgan fingerprint density at radius 1 is 1.07 bits per heavy atom. The third-order valence-corrected chi connectivity index (χ3v) is 5.40. The Bertz CT molecular complexity index is 1040. The second kappa shape index (κ2) is 7.00. The molecule has 5 heteroatoms. The summed E-state index contributed by atoms with van der Waals surface area (Å²) in [4.78, 5) is 32.0. The highest BCUT2D eigenvalue weighted by molar-refractivity contribution is 5.95. The first-order valence-electron chi connectivity index (χ1n) is 9.20. The molecule has 27 heavy (non-hydrogen) atoms. The molecule has 1 aromatic heterocycles. The van der Waals surface area contributed by atoms with Crippen LogP contribution in [0.2, 0.25) is 0 Å². The zero-order chi connectivity index (χ0) is 19.0. The summed E-state index contributed by atoms with van der Waals surface area (Å²) < 4.78 is 0. The number of fused-ring (bicyclic) bond motifs is 1. The number of hydrogen-bond donors (Lipinski definition) is 1. The van der Waals surface area contributed by atoms with E-state index < -0.39 is 0 Å². The van der Waals surface area contributed by atoms with E-state index in [0.29, 0.717) is 17.0 Å². The standard InChI is InChI=1S/C22H23N3O2/c1-24(2)18-10-12-25(14-18)22(27)16-5-3-15(4-6-16)17-7-8-20-19(13-17)21(26)9-11-23-20/h3-9,11,13,18H,10,12,14H2,1-2H3,(H,23,26). The van der Waals surface area contributed by atoms with Crippen LogP contribution in [-0.2, 0) is 0 Å². The molecule has 1 atom stereocenters. The number of nitrogens with zero attached hydrogens (tertiary/aromatic N) is 2. The predicted octanol–water partition coefficient (Wildman–Crippen LogP) is 2.97. The highest BCUT2D eigenvalue weighted by Gasteiger charge is 2.27. The number of aromatic amines is 1. The van der Waals surface area contributed by atoms with E-state index >= 15 is 0 Å². The van der Waals surface area contributed by atoms with Crippen molar-refractivity contribution in [2.45, 2.75) is 12.5 Å². The van der Waals surface area contributed by atoms with E-state index in [0.717, 1.165) is 36.2 Å². The van der Waals surface area contributed by atoms with Gasteiger partial charge in [0.1, 0.15) is 0 Å². The van der Waals surface area contributed by atoms with Crippen LogP contribution < -0.4 is 5.43 Å². The third kappa shape index (κ3) is 3.38. The minimum atomic E-state index is 0.00174. The van der Waals surface area contributed by atoms with Gasteiger partial charge in [-0.15, -0.1) is 0 Å². The molecule has 1 fully saturated rings. The molecule has 1 amide bonds. The van der Waals surface area contributed by atoms with Crippen LogP contribution in [-0.4, -0.2) is 53.9 Å². The fourth-order valence-electron chi connectivity index (χ4n) is 3.69. The normalized spacial score (nSPS) is 17.0. The van der Waals surface area contributed by atoms with Crippen LogP contribution in [0.4, 0.5) is 0 Å². The molecule has 1 saturated heterocycles. The Morgan fingerprint density at radius 3 is 2.52 bits per heavy atom. The number of rotatable bonds is 3. The van der Waals surface area contributed by atoms with Crippen molar-refractivity contribution in [2.75, 3.05) is 27.2 Å². The molecule has 0 bridgehead atoms. The Hall–Kier alpha value is -2.92. The van der Waals surface area contributed by atoms with Crippen molar-refractivity contribution in [3.63, 3.8) is 0 Å². The van der Waals surface area contributed by atoms with Gasteiger partial charge in [0.25, 0.3) is 5.91 Å². The van der Waals surface area contributed by atoms with Crippen molar-refractivity contribution in [3.05, 3.63) is 70.5 Å². The number of amides is 1. The molecule has 138 valence electrons. The quantitative estimate of drug-likeness (QED) is 0.780. The molecule has 0 spiro atoms. The van der Waals surface area contributed by atoms with Crippen molar-refractivity contribution in [1.82, 2.24) is 14.8 Å². The number of carbonyl (C=O) groups excluding carboxylic acids is 1. The van der Waals surface area contributed by atoms with Gasteiger partial charge in [0, 0.05) is 47.9 Å². The van der Waals surface area contributed by atoms with Crippen molar-refractivity contribution in [2.24, 2.45) is 0 Å². The van der Waals surface area contributed by atoms with Gasteiger partial charge in [-0.25, -0.2) is 0 Å². The van der Waals surface area contributed by atoms with Crippen LogP contribution in [0.25, 0.3) is 22.0 Å². The summed E-state index contributed by atoms with van der Waals surface area (Å²) >= 11 is 0. The maximum Gasteiger partial charge on any atom is 0.253 e. The molecule has 4 rings (SSSR count). The molecule has 1 N–H and O–H groups in total. The Morgan fingerprint density at radius 2 is 1.81 bits per heavy atom. The van der Waals surface area contributed by atoms with Crippen molar-refractivity contribution >= 4 is 16.8 Å². The van der Waals surface area contributed by atoms with Gasteiger partial charge >= 0.3 is 0 Å². The Balaban J connectivity index is 1.57. The lowest BCUT2D eigenvalue weighted by Crippen LogP contribution is -2.34. The van der Waals surface area contributed by atoms with E-state index in [1.165, 1.54) is 6.07 Å². The van der Waals surface area contributed by atoms with Crippen LogP contribution >= 0.6 is 0 Å². The van der Waals surface area contributed by atoms with Gasteiger partial charge in [-0.2, -0.15) is 0 Å². The van der Waals surface area contributed by atoms with Gasteiger partial charge in [0.05, 0.1) is 0 Å². The van der Waals surface area contributed by atoms with Crippen LogP contribution in [0.5, 0.6) is 0 Å². The average molecular weight is 361 g/mol. The summed E-state index contributed by atoms with van der Waals surface area (Å²) in [6.07, 6.45) is 2.67. The number of benzene rings is 2. The second-order valence-corrected chi connectivity index (χ2v) is 7.34. The lowest BCUT2D eigenvalue weighted by Gasteiger charge is -2.20. The van der Waals surface area contributed by atoms with Gasteiger partial charge in [0.15, 0.2) is 5.43 Å². The van der Waals surface area contributed by atoms with E-state index in [-0.39, 0.29) is 11.3 Å². The minimum Gasteiger partial charge on any atom is -0.361 e. The number of likely N-dealkylation sites (N-methyl/N-ethyl adjacent to an activating group) is 1. The SMILES string of the molecule is CN(C)C1CCN(C(=O)c2ccc(-c3ccc4[nH]ccc(=O)c4c3)cc2)C1. The number of nitrogens with one attached hydrogen (secondary N) is 1. The van der Waals surface area contributed by atoms with Crippen molar-refractivity contribution in [3.8, 4) is 11.1 Å². The van der Waals surface area contributed by atoms with Gasteiger partial charge in [-0.05, 0) is 55.9 Å². The smallest absolute Gasteiger partial charge is 0.253 e. The molecule has 1 aliphatic rings. The topological polar surface area (TPSA) is 56.4 Å². The first kappa shape index (κ1) is 17.5. The van der Waals surface area contributed by atoms with E-state index in [9.17, 15) is 9.59 Å². The molecular formula is C22H23N3O2. The summed E-state index contributed by atoms with van der Waals surface area (Å²) in [7, 11) is 4.12. The Kier molecular flexibility index (Phi) is 4.54. The molecular weight excluding hydrogens is 338 g/mol. The number of H-pyrrole nitrogens is 1. The fourth-order valence-corrected chi connectivity index (χ4v) is 3.69. The molecule has 1 unspecified atom stereocenters.